The average molecular weight is 1960 g/mol. The number of fused-ring (bicyclic) bond motifs is 16. The van der Waals surface area contributed by atoms with E-state index >= 15 is 0 Å². The van der Waals surface area contributed by atoms with Gasteiger partial charge in [-0.25, -0.2) is 14.4 Å². The SMILES string of the molecule is CC.CC.CC.CC.CN1c2ccccc2C(C)(C)C12C=Nc1c(ccc3c(C(=O)N4CCN(c5ccc(O)cc5)CC4)cccc13)O2.CN1c2ccccc2C(C)(C)C12C=Nc1c(ccc3c(C(=O)O)cccc13)O2.CN1c2ccccc2C(C)(C)C12C=Nc1c(ccc3c(C(=O)Oc4ccc(OC5CCCCO5)cc4)cccc13)O2.COC(=O)c1cccc2c3c(ccc12)OC1(C=N3)N(C)c2ccccc2C1(C)C. The van der Waals surface area contributed by atoms with E-state index in [0.717, 1.165) is 122 Å². The third-order valence-corrected chi connectivity index (χ3v) is 30.2. The number of carbonyl (C=O) groups excluding carboxylic acids is 3. The number of anilines is 5. The molecule has 0 aliphatic carbocycles. The number of hydrogen-bond acceptors (Lipinski definition) is 22. The molecule has 0 radical (unpaired) electrons. The fraction of sp³-hybridized carbons (Fsp3) is 0.311. The maximum atomic E-state index is 13.7. The molecule has 752 valence electrons. The number of hydrogen-bond donors (Lipinski definition) is 2. The van der Waals surface area contributed by atoms with Crippen LogP contribution in [0, 0.1) is 0 Å². The van der Waals surface area contributed by atoms with Crippen molar-refractivity contribution >= 4 is 143 Å². The fourth-order valence-electron chi connectivity index (χ4n) is 22.2. The normalized spacial score (nSPS) is 20.4. The van der Waals surface area contributed by atoms with E-state index in [0.29, 0.717) is 75.3 Å². The highest BCUT2D eigenvalue weighted by atomic mass is 16.7. The van der Waals surface area contributed by atoms with Crippen molar-refractivity contribution in [2.75, 3.05) is 92.6 Å². The maximum Gasteiger partial charge on any atom is 0.344 e. The zero-order chi connectivity index (χ0) is 104. The number of esters is 2. The number of aliphatic imine (C=N–C) groups is 4. The summed E-state index contributed by atoms with van der Waals surface area (Å²) < 4.78 is 49.2. The molecule has 1 amide bonds. The Labute approximate surface area is 855 Å². The van der Waals surface area contributed by atoms with E-state index in [1.165, 1.54) is 29.4 Å². The summed E-state index contributed by atoms with van der Waals surface area (Å²) in [7, 11) is 9.56. The standard InChI is InChI=1S/C34H32N2O5.C33H32N4O3.C24H22N2O3.C23H20N2O3.4C2H6/c1-33(2)27-11-4-5-12-28(27)36(3)34(33)21-35-31-25-9-8-10-26(24(25)18-19-29(31)41-34)32(37)40-23-16-14-22(15-17-23)39-30-13-6-7-20-38-30;1-32(2)27-9-4-5-10-28(27)35(3)33(32)21-34-30-25-7-6-8-26(24(25)15-16-29(30)40-33)31(39)37-19-17-36(18-20-37)22-11-13-23(38)14-12-22;1-23(2)18-10-5-6-11-19(18)26(3)24(23)14-25-21-16-8-7-9-17(22(27)28-4)15(16)12-13-20(21)29-24;1-22(2)17-9-4-5-10-18(17)25(3)23(22)13-24-20-15-7-6-8-16(21(26)27)14(15)11-12-19(20)28-23;4*1-2/h4-5,8-12,14-19,21,30H,6-7,13,20H2,1-3H3;4-16,21,38H,17-20H2,1-3H3;5-14H,1-4H3;4-13H,1-3H3,(H,26,27);4*1-2H3. The van der Waals surface area contributed by atoms with E-state index in [1.54, 1.807) is 66.7 Å². The van der Waals surface area contributed by atoms with Crippen molar-refractivity contribution < 1.29 is 67.3 Å². The second-order valence-electron chi connectivity index (χ2n) is 38.7. The number of piperazine rings is 1. The Bertz CT molecular complexity index is 7470. The predicted octanol–water partition coefficient (Wildman–Crippen LogP) is 26.6. The number of nitrogens with zero attached hydrogens (tertiary/aromatic N) is 10. The first-order chi connectivity index (χ1) is 70.4. The van der Waals surface area contributed by atoms with Gasteiger partial charge in [-0.05, 0) is 258 Å². The quantitative estimate of drug-likeness (QED) is 0.106. The number of carbonyl (C=O) groups is 4. The van der Waals surface area contributed by atoms with E-state index < -0.39 is 34.8 Å². The van der Waals surface area contributed by atoms with E-state index in [-0.39, 0.29) is 51.1 Å². The van der Waals surface area contributed by atoms with Crippen molar-refractivity contribution in [2.24, 2.45) is 20.0 Å². The van der Waals surface area contributed by atoms with Crippen molar-refractivity contribution in [3.8, 4) is 40.2 Å². The molecule has 146 heavy (non-hydrogen) atoms. The molecule has 24 heteroatoms. The molecule has 0 bridgehead atoms. The third-order valence-electron chi connectivity index (χ3n) is 30.2. The molecular formula is C122H130N10O14. The number of carboxylic acids is 1. The minimum atomic E-state index is -0.949. The van der Waals surface area contributed by atoms with Crippen molar-refractivity contribution in [3.63, 3.8) is 0 Å². The number of phenolic OH excluding ortho intramolecular Hbond substituents is 1. The molecule has 0 saturated carbocycles. The van der Waals surface area contributed by atoms with E-state index in [4.69, 9.17) is 57.9 Å². The summed E-state index contributed by atoms with van der Waals surface area (Å²) in [4.78, 5) is 83.2. The number of amides is 1. The zero-order valence-corrected chi connectivity index (χ0v) is 87.2. The molecule has 10 aliphatic rings. The molecule has 2 saturated heterocycles. The second-order valence-corrected chi connectivity index (χ2v) is 38.7. The van der Waals surface area contributed by atoms with Crippen LogP contribution in [0.25, 0.3) is 43.1 Å². The van der Waals surface area contributed by atoms with Crippen LogP contribution in [0.3, 0.4) is 0 Å². The lowest BCUT2D eigenvalue weighted by molar-refractivity contribution is -0.105. The summed E-state index contributed by atoms with van der Waals surface area (Å²) in [6.07, 6.45) is 10.4. The Hall–Kier alpha value is -15.6. The van der Waals surface area contributed by atoms with Gasteiger partial charge in [-0.3, -0.25) is 24.8 Å². The van der Waals surface area contributed by atoms with Crippen molar-refractivity contribution in [1.29, 1.82) is 0 Å². The Kier molecular flexibility index (Phi) is 28.3. The van der Waals surface area contributed by atoms with Crippen LogP contribution >= 0.6 is 0 Å². The molecular weight excluding hydrogens is 1830 g/mol. The molecule has 14 aromatic carbocycles. The summed E-state index contributed by atoms with van der Waals surface area (Å²) in [5.74, 6) is 2.41. The average Bonchev–Trinajstić information content (AvgIpc) is 1.56. The first kappa shape index (κ1) is 102. The number of aromatic carboxylic acids is 1. The lowest BCUT2D eigenvalue weighted by Gasteiger charge is -2.45. The molecule has 2 fully saturated rings. The molecule has 4 spiro atoms. The highest BCUT2D eigenvalue weighted by molar-refractivity contribution is 6.14. The van der Waals surface area contributed by atoms with Gasteiger partial charge >= 0.3 is 17.9 Å². The lowest BCUT2D eigenvalue weighted by Crippen LogP contribution is -2.61. The number of ether oxygens (including phenoxy) is 8. The number of methoxy groups -OCH3 is 1. The van der Waals surface area contributed by atoms with Crippen molar-refractivity contribution in [1.82, 2.24) is 4.90 Å². The van der Waals surface area contributed by atoms with Gasteiger partial charge in [0.05, 0.1) is 76.9 Å². The van der Waals surface area contributed by atoms with Gasteiger partial charge in [-0.15, -0.1) is 0 Å². The fourth-order valence-corrected chi connectivity index (χ4v) is 22.2. The molecule has 5 atom stereocenters. The first-order valence-corrected chi connectivity index (χ1v) is 50.7. The van der Waals surface area contributed by atoms with Crippen LogP contribution in [0.2, 0.25) is 0 Å². The molecule has 2 N–H and O–H groups in total. The van der Waals surface area contributed by atoms with Gasteiger partial charge in [0.2, 0.25) is 22.9 Å². The Morgan fingerprint density at radius 2 is 0.671 bits per heavy atom. The van der Waals surface area contributed by atoms with Gasteiger partial charge in [-0.2, -0.15) is 0 Å². The monoisotopic (exact) mass is 1960 g/mol. The number of para-hydroxylation sites is 4. The Balaban J connectivity index is 0.000000132. The number of likely N-dealkylation sites (N-methyl/N-ethyl adjacent to an activating group) is 4. The summed E-state index contributed by atoms with van der Waals surface area (Å²) in [5.41, 5.74) is 11.0. The molecule has 24 nitrogen and oxygen atoms in total. The van der Waals surface area contributed by atoms with Crippen LogP contribution in [0.5, 0.6) is 40.2 Å². The summed E-state index contributed by atoms with van der Waals surface area (Å²) in [6, 6.07) is 85.2. The van der Waals surface area contributed by atoms with Crippen LogP contribution < -0.4 is 52.9 Å². The van der Waals surface area contributed by atoms with Crippen LogP contribution in [-0.2, 0) is 31.1 Å². The molecule has 10 aliphatic heterocycles. The zero-order valence-electron chi connectivity index (χ0n) is 87.2. The van der Waals surface area contributed by atoms with Crippen LogP contribution in [0.1, 0.15) is 194 Å². The van der Waals surface area contributed by atoms with Gasteiger partial charge in [-0.1, -0.05) is 177 Å². The smallest absolute Gasteiger partial charge is 0.344 e. The third kappa shape index (κ3) is 16.8. The largest absolute Gasteiger partial charge is 0.508 e. The predicted molar refractivity (Wildman–Crippen MR) is 589 cm³/mol. The van der Waals surface area contributed by atoms with Gasteiger partial charge in [0.25, 0.3) is 5.91 Å². The lowest BCUT2D eigenvalue weighted by atomic mass is 9.77. The highest BCUT2D eigenvalue weighted by Crippen LogP contribution is 2.60. The van der Waals surface area contributed by atoms with Gasteiger partial charge in [0.15, 0.2) is 6.29 Å². The molecule has 24 rings (SSSR count). The second kappa shape index (κ2) is 40.6. The van der Waals surface area contributed by atoms with Crippen LogP contribution in [-0.4, -0.2) is 161 Å². The minimum absolute atomic E-state index is 0.0280. The summed E-state index contributed by atoms with van der Waals surface area (Å²) >= 11 is 0. The number of aromatic hydroxyl groups is 1. The Morgan fingerprint density at radius 3 is 1.01 bits per heavy atom. The highest BCUT2D eigenvalue weighted by Gasteiger charge is 2.63. The summed E-state index contributed by atoms with van der Waals surface area (Å²) in [5, 5.41) is 25.6. The van der Waals surface area contributed by atoms with Crippen LogP contribution in [0.15, 0.2) is 287 Å². The van der Waals surface area contributed by atoms with E-state index in [1.807, 2.05) is 234 Å². The molecule has 10 heterocycles. The Morgan fingerprint density at radius 1 is 0.349 bits per heavy atom. The number of phenols is 1. The molecule has 14 aromatic rings. The van der Waals surface area contributed by atoms with E-state index in [9.17, 15) is 29.4 Å². The number of rotatable bonds is 8. The topological polar surface area (TPSA) is 251 Å². The van der Waals surface area contributed by atoms with Gasteiger partial charge in [0.1, 0.15) is 63.0 Å². The number of carboxylic acid groups (broad SMARTS) is 1. The van der Waals surface area contributed by atoms with Gasteiger partial charge in [0, 0.05) is 116 Å². The van der Waals surface area contributed by atoms with E-state index in [2.05, 4.69) is 160 Å². The van der Waals surface area contributed by atoms with Crippen molar-refractivity contribution in [2.45, 2.75) is 181 Å². The van der Waals surface area contributed by atoms with Crippen molar-refractivity contribution in [3.05, 3.63) is 311 Å². The van der Waals surface area contributed by atoms with Gasteiger partial charge < -0.3 is 77.5 Å². The van der Waals surface area contributed by atoms with Crippen LogP contribution in [0.4, 0.5) is 51.2 Å². The first-order valence-electron chi connectivity index (χ1n) is 50.7. The molecule has 0 aromatic heterocycles. The minimum Gasteiger partial charge on any atom is -0.508 e. The number of benzene rings is 14. The maximum absolute atomic E-state index is 13.7. The summed E-state index contributed by atoms with van der Waals surface area (Å²) in [6.45, 7) is 36.9. The molecule has 5 unspecified atom stereocenters.